The lowest BCUT2D eigenvalue weighted by molar-refractivity contribution is 0.412. The molecule has 0 unspecified atom stereocenters. The van der Waals surface area contributed by atoms with Crippen molar-refractivity contribution < 1.29 is 9.15 Å². The number of para-hydroxylation sites is 1. The summed E-state index contributed by atoms with van der Waals surface area (Å²) in [6.45, 7) is 0. The van der Waals surface area contributed by atoms with E-state index in [9.17, 15) is 4.79 Å². The number of halogens is 2. The fourth-order valence-electron chi connectivity index (χ4n) is 2.17. The topological polar surface area (TPSA) is 52.3 Å². The van der Waals surface area contributed by atoms with Crippen LogP contribution in [-0.2, 0) is 0 Å². The Bertz CT molecular complexity index is 922. The molecule has 0 fully saturated rings. The molecular weight excluding hydrogens is 337 g/mol. The van der Waals surface area contributed by atoms with Gasteiger partial charge in [0.15, 0.2) is 0 Å². The van der Waals surface area contributed by atoms with Crippen LogP contribution >= 0.6 is 23.2 Å². The van der Waals surface area contributed by atoms with Crippen molar-refractivity contribution in [3.63, 3.8) is 0 Å². The monoisotopic (exact) mass is 347 g/mol. The van der Waals surface area contributed by atoms with Gasteiger partial charge in [0.25, 0.3) is 0 Å². The summed E-state index contributed by atoms with van der Waals surface area (Å²) in [6, 6.07) is 13.4. The van der Waals surface area contributed by atoms with E-state index in [0.717, 1.165) is 0 Å². The summed E-state index contributed by atoms with van der Waals surface area (Å²) in [5, 5.41) is 0.910. The molecule has 0 aliphatic heterocycles. The predicted molar refractivity (Wildman–Crippen MR) is 90.2 cm³/mol. The van der Waals surface area contributed by atoms with Crippen LogP contribution in [0.2, 0.25) is 10.0 Å². The highest BCUT2D eigenvalue weighted by Crippen LogP contribution is 2.32. The molecule has 0 aliphatic carbocycles. The molecular formula is C17H11Cl2NO3. The molecule has 0 N–H and O–H groups in total. The van der Waals surface area contributed by atoms with Crippen molar-refractivity contribution in [3.8, 4) is 28.5 Å². The van der Waals surface area contributed by atoms with Crippen LogP contribution in [0.3, 0.4) is 0 Å². The quantitative estimate of drug-likeness (QED) is 0.689. The molecule has 0 saturated heterocycles. The summed E-state index contributed by atoms with van der Waals surface area (Å²) in [6.07, 6.45) is 0. The second kappa shape index (κ2) is 6.44. The van der Waals surface area contributed by atoms with E-state index in [0.29, 0.717) is 32.6 Å². The Morgan fingerprint density at radius 3 is 2.57 bits per heavy atom. The third kappa shape index (κ3) is 3.23. The Hall–Kier alpha value is -2.30. The minimum atomic E-state index is -0.526. The van der Waals surface area contributed by atoms with Gasteiger partial charge in [0.05, 0.1) is 29.5 Å². The standard InChI is InChI=1S/C17H11Cl2NO3/c1-22-15-5-3-2-4-12(15)17-20-14(9-16(21)23-17)11-7-6-10(18)8-13(11)19/h2-9H,1H3. The van der Waals surface area contributed by atoms with Crippen LogP contribution in [-0.4, -0.2) is 12.1 Å². The molecule has 1 heterocycles. The number of hydrogen-bond donors (Lipinski definition) is 0. The van der Waals surface area contributed by atoms with Crippen LogP contribution < -0.4 is 10.4 Å². The van der Waals surface area contributed by atoms with E-state index >= 15 is 0 Å². The molecule has 0 atom stereocenters. The molecule has 4 nitrogen and oxygen atoms in total. The highest BCUT2D eigenvalue weighted by atomic mass is 35.5. The molecule has 0 amide bonds. The van der Waals surface area contributed by atoms with Gasteiger partial charge in [-0.1, -0.05) is 35.3 Å². The van der Waals surface area contributed by atoms with Crippen molar-refractivity contribution in [2.24, 2.45) is 0 Å². The predicted octanol–water partition coefficient (Wildman–Crippen LogP) is 4.68. The number of ether oxygens (including phenoxy) is 1. The molecule has 0 aliphatic rings. The lowest BCUT2D eigenvalue weighted by atomic mass is 10.1. The van der Waals surface area contributed by atoms with Crippen molar-refractivity contribution in [1.29, 1.82) is 0 Å². The molecule has 6 heteroatoms. The zero-order valence-electron chi connectivity index (χ0n) is 12.0. The Morgan fingerprint density at radius 2 is 1.83 bits per heavy atom. The maximum absolute atomic E-state index is 11.9. The zero-order valence-corrected chi connectivity index (χ0v) is 13.6. The highest BCUT2D eigenvalue weighted by Gasteiger charge is 2.14. The fourth-order valence-corrected chi connectivity index (χ4v) is 2.68. The molecule has 116 valence electrons. The summed E-state index contributed by atoms with van der Waals surface area (Å²) in [4.78, 5) is 16.3. The van der Waals surface area contributed by atoms with Gasteiger partial charge in [-0.05, 0) is 30.3 Å². The van der Waals surface area contributed by atoms with Crippen LogP contribution in [0.25, 0.3) is 22.7 Å². The first kappa shape index (κ1) is 15.6. The SMILES string of the molecule is COc1ccccc1-c1nc(-c2ccc(Cl)cc2Cl)cc(=O)o1. The first-order valence-electron chi connectivity index (χ1n) is 6.69. The van der Waals surface area contributed by atoms with Crippen LogP contribution in [0.15, 0.2) is 57.7 Å². The fraction of sp³-hybridized carbons (Fsp3) is 0.0588. The Balaban J connectivity index is 2.19. The average molecular weight is 348 g/mol. The maximum atomic E-state index is 11.9. The third-order valence-corrected chi connectivity index (χ3v) is 3.77. The zero-order chi connectivity index (χ0) is 16.4. The maximum Gasteiger partial charge on any atom is 0.339 e. The molecule has 23 heavy (non-hydrogen) atoms. The summed E-state index contributed by atoms with van der Waals surface area (Å²) in [5.41, 5.74) is 1.06. The lowest BCUT2D eigenvalue weighted by Crippen LogP contribution is -2.03. The van der Waals surface area contributed by atoms with Crippen LogP contribution in [0.5, 0.6) is 5.75 Å². The molecule has 0 saturated carbocycles. The summed E-state index contributed by atoms with van der Waals surface area (Å²) >= 11 is 12.1. The van der Waals surface area contributed by atoms with Gasteiger partial charge in [-0.15, -0.1) is 0 Å². The van der Waals surface area contributed by atoms with Gasteiger partial charge in [-0.2, -0.15) is 0 Å². The second-order valence-corrected chi connectivity index (χ2v) is 5.54. The lowest BCUT2D eigenvalue weighted by Gasteiger charge is -2.08. The number of benzene rings is 2. The van der Waals surface area contributed by atoms with Crippen LogP contribution in [0.1, 0.15) is 0 Å². The van der Waals surface area contributed by atoms with Gasteiger partial charge < -0.3 is 9.15 Å². The number of methoxy groups -OCH3 is 1. The van der Waals surface area contributed by atoms with Gasteiger partial charge in [0.2, 0.25) is 5.89 Å². The van der Waals surface area contributed by atoms with Crippen molar-refractivity contribution in [2.75, 3.05) is 7.11 Å². The summed E-state index contributed by atoms with van der Waals surface area (Å²) in [7, 11) is 1.54. The largest absolute Gasteiger partial charge is 0.496 e. The van der Waals surface area contributed by atoms with E-state index < -0.39 is 5.63 Å². The van der Waals surface area contributed by atoms with Gasteiger partial charge in [-0.25, -0.2) is 9.78 Å². The Kier molecular flexibility index (Phi) is 4.37. The highest BCUT2D eigenvalue weighted by molar-refractivity contribution is 6.36. The molecule has 0 spiro atoms. The normalized spacial score (nSPS) is 10.6. The summed E-state index contributed by atoms with van der Waals surface area (Å²) < 4.78 is 10.5. The van der Waals surface area contributed by atoms with E-state index in [-0.39, 0.29) is 5.89 Å². The van der Waals surface area contributed by atoms with Gasteiger partial charge >= 0.3 is 5.63 Å². The average Bonchev–Trinajstić information content (AvgIpc) is 2.54. The van der Waals surface area contributed by atoms with Gasteiger partial charge in [-0.3, -0.25) is 0 Å². The van der Waals surface area contributed by atoms with Gasteiger partial charge in [0.1, 0.15) is 5.75 Å². The number of rotatable bonds is 3. The van der Waals surface area contributed by atoms with Crippen molar-refractivity contribution in [2.45, 2.75) is 0 Å². The van der Waals surface area contributed by atoms with E-state index in [4.69, 9.17) is 32.4 Å². The number of hydrogen-bond acceptors (Lipinski definition) is 4. The molecule has 3 rings (SSSR count). The van der Waals surface area contributed by atoms with Crippen LogP contribution in [0, 0.1) is 0 Å². The van der Waals surface area contributed by atoms with Crippen LogP contribution in [0.4, 0.5) is 0 Å². The Morgan fingerprint density at radius 1 is 1.04 bits per heavy atom. The number of aromatic nitrogens is 1. The molecule has 1 aromatic heterocycles. The van der Waals surface area contributed by atoms with E-state index in [1.54, 1.807) is 30.3 Å². The van der Waals surface area contributed by atoms with E-state index in [1.807, 2.05) is 12.1 Å². The minimum Gasteiger partial charge on any atom is -0.496 e. The van der Waals surface area contributed by atoms with E-state index in [1.165, 1.54) is 13.2 Å². The minimum absolute atomic E-state index is 0.163. The Labute approximate surface area is 142 Å². The first-order chi connectivity index (χ1) is 11.1. The first-order valence-corrected chi connectivity index (χ1v) is 7.45. The second-order valence-electron chi connectivity index (χ2n) is 4.69. The van der Waals surface area contributed by atoms with Gasteiger partial charge in [0, 0.05) is 10.6 Å². The number of nitrogens with zero attached hydrogens (tertiary/aromatic N) is 1. The third-order valence-electron chi connectivity index (χ3n) is 3.22. The van der Waals surface area contributed by atoms with E-state index in [2.05, 4.69) is 4.98 Å². The van der Waals surface area contributed by atoms with Crippen molar-refractivity contribution in [1.82, 2.24) is 4.98 Å². The van der Waals surface area contributed by atoms with Crippen molar-refractivity contribution in [3.05, 3.63) is 69.0 Å². The molecule has 0 radical (unpaired) electrons. The molecule has 3 aromatic rings. The molecule has 2 aromatic carbocycles. The smallest absolute Gasteiger partial charge is 0.339 e. The summed E-state index contributed by atoms with van der Waals surface area (Å²) in [5.74, 6) is 0.721. The molecule has 0 bridgehead atoms. The van der Waals surface area contributed by atoms with Crippen molar-refractivity contribution >= 4 is 23.2 Å².